The molecule has 2 aromatic rings. The molecule has 1 heterocycles. The van der Waals surface area contributed by atoms with Crippen molar-refractivity contribution in [1.29, 1.82) is 0 Å². The number of halogens is 2. The van der Waals surface area contributed by atoms with Gasteiger partial charge in [-0.3, -0.25) is 0 Å². The minimum absolute atomic E-state index is 0.0233. The second-order valence-corrected chi connectivity index (χ2v) is 6.22. The zero-order valence-corrected chi connectivity index (χ0v) is 11.9. The summed E-state index contributed by atoms with van der Waals surface area (Å²) in [6.07, 6.45) is 1.75. The van der Waals surface area contributed by atoms with E-state index in [4.69, 9.17) is 11.6 Å². The van der Waals surface area contributed by atoms with Crippen molar-refractivity contribution in [2.45, 2.75) is 10.1 Å². The molecule has 1 aromatic heterocycles. The topological polar surface area (TPSA) is 87.7 Å². The molecule has 0 amide bonds. The first-order chi connectivity index (χ1) is 8.92. The average molecular weight is 323 g/mol. The molecule has 19 heavy (non-hydrogen) atoms. The number of nitrogens with zero attached hydrogens (tertiary/aromatic N) is 2. The van der Waals surface area contributed by atoms with Gasteiger partial charge in [0.05, 0.1) is 9.92 Å². The van der Waals surface area contributed by atoms with E-state index in [9.17, 15) is 12.8 Å². The first kappa shape index (κ1) is 14.1. The monoisotopic (exact) mass is 322 g/mol. The van der Waals surface area contributed by atoms with Crippen LogP contribution >= 0.6 is 23.4 Å². The van der Waals surface area contributed by atoms with E-state index in [0.717, 1.165) is 18.2 Å². The predicted octanol–water partition coefficient (Wildman–Crippen LogP) is 2.12. The van der Waals surface area contributed by atoms with Gasteiger partial charge in [0.1, 0.15) is 5.82 Å². The van der Waals surface area contributed by atoms with Gasteiger partial charge in [0.25, 0.3) is 10.0 Å². The Morgan fingerprint density at radius 2 is 2.21 bits per heavy atom. The molecule has 0 aliphatic carbocycles. The van der Waals surface area contributed by atoms with E-state index in [1.165, 1.54) is 11.8 Å². The lowest BCUT2D eigenvalue weighted by molar-refractivity contribution is 0.599. The average Bonchev–Trinajstić information content (AvgIpc) is 2.79. The van der Waals surface area contributed by atoms with Crippen LogP contribution in [-0.4, -0.2) is 29.9 Å². The minimum Gasteiger partial charge on any atom is -0.248 e. The molecule has 1 aromatic carbocycles. The maximum atomic E-state index is 13.0. The molecule has 0 spiro atoms. The molecule has 2 rings (SSSR count). The van der Waals surface area contributed by atoms with Crippen LogP contribution in [0.25, 0.3) is 0 Å². The van der Waals surface area contributed by atoms with Crippen molar-refractivity contribution in [3.63, 3.8) is 0 Å². The van der Waals surface area contributed by atoms with Crippen molar-refractivity contribution in [3.05, 3.63) is 29.0 Å². The number of sulfonamides is 1. The fourth-order valence-electron chi connectivity index (χ4n) is 1.21. The number of thioether (sulfide) groups is 1. The first-order valence-electron chi connectivity index (χ1n) is 4.86. The molecule has 6 nitrogen and oxygen atoms in total. The Balaban J connectivity index is 2.29. The number of hydrogen-bond acceptors (Lipinski definition) is 5. The Labute approximate surface area is 117 Å². The zero-order valence-electron chi connectivity index (χ0n) is 9.52. The molecule has 0 fully saturated rings. The van der Waals surface area contributed by atoms with Gasteiger partial charge in [0.15, 0.2) is 0 Å². The van der Waals surface area contributed by atoms with Gasteiger partial charge in [-0.15, -0.1) is 5.10 Å². The standard InChI is InChI=1S/C9H8ClFN4O2S2/c1-18-9-12-8(13-14-9)15-19(16,17)5-2-3-7(11)6(10)4-5/h2-4H,1H3,(H2,12,13,14,15). The van der Waals surface area contributed by atoms with E-state index in [1.807, 2.05) is 0 Å². The lowest BCUT2D eigenvalue weighted by Gasteiger charge is -2.05. The third-order valence-electron chi connectivity index (χ3n) is 2.08. The van der Waals surface area contributed by atoms with Gasteiger partial charge in [-0.1, -0.05) is 23.4 Å². The summed E-state index contributed by atoms with van der Waals surface area (Å²) in [5.74, 6) is -0.713. The fourth-order valence-corrected chi connectivity index (χ4v) is 2.76. The Hall–Kier alpha value is -1.32. The van der Waals surface area contributed by atoms with E-state index in [0.29, 0.717) is 5.16 Å². The van der Waals surface area contributed by atoms with Crippen molar-refractivity contribution in [2.75, 3.05) is 11.0 Å². The van der Waals surface area contributed by atoms with Gasteiger partial charge in [-0.25, -0.2) is 22.6 Å². The number of rotatable bonds is 4. The normalized spacial score (nSPS) is 11.5. The van der Waals surface area contributed by atoms with Crippen LogP contribution < -0.4 is 4.72 Å². The van der Waals surface area contributed by atoms with Crippen molar-refractivity contribution >= 4 is 39.3 Å². The summed E-state index contributed by atoms with van der Waals surface area (Å²) in [6.45, 7) is 0. The second-order valence-electron chi connectivity index (χ2n) is 3.35. The SMILES string of the molecule is CSc1n[nH]c(NS(=O)(=O)c2ccc(F)c(Cl)c2)n1. The highest BCUT2D eigenvalue weighted by Crippen LogP contribution is 2.21. The molecule has 0 saturated carbocycles. The van der Waals surface area contributed by atoms with E-state index < -0.39 is 15.8 Å². The molecule has 0 saturated heterocycles. The molecular formula is C9H8ClFN4O2S2. The molecule has 2 N–H and O–H groups in total. The van der Waals surface area contributed by atoms with Crippen LogP contribution in [0.15, 0.2) is 28.3 Å². The summed E-state index contributed by atoms with van der Waals surface area (Å²) in [4.78, 5) is 3.71. The Morgan fingerprint density at radius 3 is 2.79 bits per heavy atom. The molecule has 0 radical (unpaired) electrons. The lowest BCUT2D eigenvalue weighted by atomic mass is 10.3. The highest BCUT2D eigenvalue weighted by atomic mass is 35.5. The number of aromatic nitrogens is 3. The van der Waals surface area contributed by atoms with Crippen LogP contribution in [0.4, 0.5) is 10.3 Å². The van der Waals surface area contributed by atoms with Gasteiger partial charge in [-0.2, -0.15) is 4.98 Å². The molecule has 0 unspecified atom stereocenters. The minimum atomic E-state index is -3.89. The van der Waals surface area contributed by atoms with Crippen molar-refractivity contribution < 1.29 is 12.8 Å². The van der Waals surface area contributed by atoms with Crippen LogP contribution in [0, 0.1) is 5.82 Å². The molecular weight excluding hydrogens is 315 g/mol. The van der Waals surface area contributed by atoms with Gasteiger partial charge in [-0.05, 0) is 24.5 Å². The van der Waals surface area contributed by atoms with E-state index in [1.54, 1.807) is 6.26 Å². The summed E-state index contributed by atoms with van der Waals surface area (Å²) in [5.41, 5.74) is 0. The van der Waals surface area contributed by atoms with Crippen LogP contribution in [0.5, 0.6) is 0 Å². The number of anilines is 1. The van der Waals surface area contributed by atoms with Crippen LogP contribution in [0.3, 0.4) is 0 Å². The molecule has 0 aliphatic rings. The summed E-state index contributed by atoms with van der Waals surface area (Å²) < 4.78 is 39.1. The van der Waals surface area contributed by atoms with Crippen LogP contribution in [-0.2, 0) is 10.0 Å². The third-order valence-corrected chi connectivity index (χ3v) is 4.25. The fraction of sp³-hybridized carbons (Fsp3) is 0.111. The number of H-pyrrole nitrogens is 1. The first-order valence-corrected chi connectivity index (χ1v) is 7.95. The maximum Gasteiger partial charge on any atom is 0.264 e. The highest BCUT2D eigenvalue weighted by molar-refractivity contribution is 7.98. The van der Waals surface area contributed by atoms with Crippen molar-refractivity contribution in [3.8, 4) is 0 Å². The molecule has 0 aliphatic heterocycles. The molecule has 0 atom stereocenters. The number of benzene rings is 1. The van der Waals surface area contributed by atoms with Gasteiger partial charge in [0, 0.05) is 0 Å². The molecule has 10 heteroatoms. The van der Waals surface area contributed by atoms with E-state index in [2.05, 4.69) is 19.9 Å². The van der Waals surface area contributed by atoms with E-state index >= 15 is 0 Å². The second kappa shape index (κ2) is 5.35. The molecule has 102 valence electrons. The highest BCUT2D eigenvalue weighted by Gasteiger charge is 2.17. The smallest absolute Gasteiger partial charge is 0.248 e. The Bertz CT molecular complexity index is 704. The Kier molecular flexibility index (Phi) is 3.97. The van der Waals surface area contributed by atoms with Gasteiger partial charge >= 0.3 is 0 Å². The van der Waals surface area contributed by atoms with Gasteiger partial charge < -0.3 is 0 Å². The maximum absolute atomic E-state index is 13.0. The van der Waals surface area contributed by atoms with Crippen molar-refractivity contribution in [1.82, 2.24) is 15.2 Å². The summed E-state index contributed by atoms with van der Waals surface area (Å²) >= 11 is 6.80. The third kappa shape index (κ3) is 3.17. The Morgan fingerprint density at radius 1 is 1.47 bits per heavy atom. The number of hydrogen-bond donors (Lipinski definition) is 2. The van der Waals surface area contributed by atoms with Gasteiger partial charge in [0.2, 0.25) is 11.1 Å². The van der Waals surface area contributed by atoms with E-state index in [-0.39, 0.29) is 15.9 Å². The zero-order chi connectivity index (χ0) is 14.0. The summed E-state index contributed by atoms with van der Waals surface area (Å²) in [6, 6.07) is 3.10. The van der Waals surface area contributed by atoms with Crippen LogP contribution in [0.1, 0.15) is 0 Å². The quantitative estimate of drug-likeness (QED) is 0.842. The van der Waals surface area contributed by atoms with Crippen LogP contribution in [0.2, 0.25) is 5.02 Å². The number of aromatic amines is 1. The summed E-state index contributed by atoms with van der Waals surface area (Å²) in [5, 5.41) is 6.31. The molecule has 0 bridgehead atoms. The predicted molar refractivity (Wildman–Crippen MR) is 70.4 cm³/mol. The lowest BCUT2D eigenvalue weighted by Crippen LogP contribution is -2.14. The summed E-state index contributed by atoms with van der Waals surface area (Å²) in [7, 11) is -3.89. The largest absolute Gasteiger partial charge is 0.264 e. The van der Waals surface area contributed by atoms with Crippen molar-refractivity contribution in [2.24, 2.45) is 0 Å². The number of nitrogens with one attached hydrogen (secondary N) is 2.